The van der Waals surface area contributed by atoms with Crippen LogP contribution in [0.15, 0.2) is 35.5 Å². The lowest BCUT2D eigenvalue weighted by Gasteiger charge is -2.27. The Labute approximate surface area is 88.1 Å². The smallest absolute Gasteiger partial charge is 0.184 e. The fourth-order valence-corrected chi connectivity index (χ4v) is 1.82. The van der Waals surface area contributed by atoms with Gasteiger partial charge in [0.25, 0.3) is 0 Å². The van der Waals surface area contributed by atoms with E-state index in [1.807, 2.05) is 0 Å². The molecule has 0 aromatic carbocycles. The number of carbonyl (C=O) groups is 2. The van der Waals surface area contributed by atoms with Crippen LogP contribution in [-0.2, 0) is 14.3 Å². The molecule has 1 heterocycles. The molecule has 0 spiro atoms. The highest BCUT2D eigenvalue weighted by molar-refractivity contribution is 6.07. The Kier molecular flexibility index (Phi) is 2.40. The van der Waals surface area contributed by atoms with Gasteiger partial charge < -0.3 is 4.74 Å². The first kappa shape index (κ1) is 10.1. The summed E-state index contributed by atoms with van der Waals surface area (Å²) in [6.07, 6.45) is 3.25. The van der Waals surface area contributed by atoms with E-state index in [0.29, 0.717) is 12.0 Å². The summed E-state index contributed by atoms with van der Waals surface area (Å²) in [5.74, 6) is -0.0317. The quantitative estimate of drug-likeness (QED) is 0.647. The minimum absolute atomic E-state index is 0.00338. The fourth-order valence-electron chi connectivity index (χ4n) is 1.82. The number of hydrogen-bond acceptors (Lipinski definition) is 3. The van der Waals surface area contributed by atoms with E-state index in [0.717, 1.165) is 11.1 Å². The zero-order chi connectivity index (χ0) is 11.0. The van der Waals surface area contributed by atoms with Crippen LogP contribution < -0.4 is 0 Å². The van der Waals surface area contributed by atoms with Crippen molar-refractivity contribution >= 4 is 11.6 Å². The highest BCUT2D eigenvalue weighted by Gasteiger charge is 2.29. The van der Waals surface area contributed by atoms with Crippen molar-refractivity contribution in [2.45, 2.75) is 19.4 Å². The Balaban J connectivity index is 2.31. The van der Waals surface area contributed by atoms with Crippen LogP contribution in [0.3, 0.4) is 0 Å². The molecule has 2 aliphatic rings. The van der Waals surface area contributed by atoms with Crippen molar-refractivity contribution < 1.29 is 14.3 Å². The Bertz CT molecular complexity index is 413. The first-order valence-corrected chi connectivity index (χ1v) is 4.85. The van der Waals surface area contributed by atoms with Gasteiger partial charge in [-0.2, -0.15) is 0 Å². The molecule has 3 nitrogen and oxygen atoms in total. The zero-order valence-electron chi connectivity index (χ0n) is 8.58. The lowest BCUT2D eigenvalue weighted by Crippen LogP contribution is -2.31. The Hall–Kier alpha value is -1.48. The lowest BCUT2D eigenvalue weighted by molar-refractivity contribution is -0.129. The normalized spacial score (nSPS) is 25.5. The maximum atomic E-state index is 11.5. The molecule has 1 aliphatic carbocycles. The molecule has 0 N–H and O–H groups in total. The molecule has 3 heteroatoms. The highest BCUT2D eigenvalue weighted by atomic mass is 16.5. The van der Waals surface area contributed by atoms with Gasteiger partial charge in [0.05, 0.1) is 6.61 Å². The molecule has 1 atom stereocenters. The standard InChI is InChI=1S/C12H12O3/c1-7-3-4-11(14)10-6-15-12(8(2)13)5-9(7)10/h3-4,12H,1,5-6H2,2H3. The second-order valence-electron chi connectivity index (χ2n) is 3.79. The van der Waals surface area contributed by atoms with Crippen LogP contribution in [-0.4, -0.2) is 24.3 Å². The molecule has 78 valence electrons. The number of carbonyl (C=O) groups excluding carboxylic acids is 2. The van der Waals surface area contributed by atoms with E-state index in [9.17, 15) is 9.59 Å². The van der Waals surface area contributed by atoms with Gasteiger partial charge in [0, 0.05) is 12.0 Å². The Morgan fingerprint density at radius 3 is 2.87 bits per heavy atom. The molecule has 0 aromatic heterocycles. The summed E-state index contributed by atoms with van der Waals surface area (Å²) in [4.78, 5) is 22.7. The van der Waals surface area contributed by atoms with Crippen molar-refractivity contribution in [2.75, 3.05) is 6.61 Å². The first-order valence-electron chi connectivity index (χ1n) is 4.85. The molecule has 15 heavy (non-hydrogen) atoms. The van der Waals surface area contributed by atoms with Gasteiger partial charge in [0.15, 0.2) is 11.6 Å². The minimum atomic E-state index is -0.417. The number of ether oxygens (including phenoxy) is 1. The third-order valence-corrected chi connectivity index (χ3v) is 2.76. The van der Waals surface area contributed by atoms with Crippen LogP contribution in [0.1, 0.15) is 13.3 Å². The van der Waals surface area contributed by atoms with Gasteiger partial charge >= 0.3 is 0 Å². The van der Waals surface area contributed by atoms with Crippen LogP contribution in [0.2, 0.25) is 0 Å². The van der Waals surface area contributed by atoms with Gasteiger partial charge in [-0.05, 0) is 24.1 Å². The predicted octanol–water partition coefficient (Wildman–Crippen LogP) is 1.36. The van der Waals surface area contributed by atoms with E-state index in [4.69, 9.17) is 4.74 Å². The van der Waals surface area contributed by atoms with Crippen molar-refractivity contribution in [2.24, 2.45) is 0 Å². The molecule has 0 amide bonds. The van der Waals surface area contributed by atoms with Crippen LogP contribution in [0.25, 0.3) is 0 Å². The number of hydrogen-bond donors (Lipinski definition) is 0. The zero-order valence-corrected chi connectivity index (χ0v) is 8.58. The van der Waals surface area contributed by atoms with Gasteiger partial charge in [-0.25, -0.2) is 0 Å². The molecule has 0 saturated carbocycles. The third-order valence-electron chi connectivity index (χ3n) is 2.76. The predicted molar refractivity (Wildman–Crippen MR) is 55.4 cm³/mol. The van der Waals surface area contributed by atoms with Crippen LogP contribution in [0.5, 0.6) is 0 Å². The van der Waals surface area contributed by atoms with E-state index < -0.39 is 6.10 Å². The Morgan fingerprint density at radius 2 is 2.20 bits per heavy atom. The van der Waals surface area contributed by atoms with Crippen LogP contribution >= 0.6 is 0 Å². The number of allylic oxidation sites excluding steroid dienone is 3. The van der Waals surface area contributed by atoms with Crippen molar-refractivity contribution in [1.29, 1.82) is 0 Å². The molecular formula is C12H12O3. The second-order valence-corrected chi connectivity index (χ2v) is 3.79. The van der Waals surface area contributed by atoms with E-state index in [2.05, 4.69) is 6.58 Å². The van der Waals surface area contributed by atoms with E-state index in [-0.39, 0.29) is 18.2 Å². The van der Waals surface area contributed by atoms with Gasteiger partial charge in [0.1, 0.15) is 6.10 Å². The summed E-state index contributed by atoms with van der Waals surface area (Å²) in [6.45, 7) is 5.59. The fraction of sp³-hybridized carbons (Fsp3) is 0.333. The first-order chi connectivity index (χ1) is 7.09. The summed E-state index contributed by atoms with van der Waals surface area (Å²) in [7, 11) is 0. The summed E-state index contributed by atoms with van der Waals surface area (Å²) < 4.78 is 5.32. The molecule has 0 radical (unpaired) electrons. The average Bonchev–Trinajstić information content (AvgIpc) is 2.23. The van der Waals surface area contributed by atoms with E-state index in [1.54, 1.807) is 6.08 Å². The molecular weight excluding hydrogens is 192 g/mol. The van der Waals surface area contributed by atoms with E-state index >= 15 is 0 Å². The maximum Gasteiger partial charge on any atom is 0.184 e. The SMILES string of the molecule is C=C1C=CC(=O)C2=C1CC(C(C)=O)OC2. The van der Waals surface area contributed by atoms with Crippen LogP contribution in [0, 0.1) is 0 Å². The van der Waals surface area contributed by atoms with Gasteiger partial charge in [-0.1, -0.05) is 12.7 Å². The molecule has 1 aliphatic heterocycles. The molecule has 2 rings (SSSR count). The minimum Gasteiger partial charge on any atom is -0.365 e. The summed E-state index contributed by atoms with van der Waals surface area (Å²) in [6, 6.07) is 0. The maximum absolute atomic E-state index is 11.5. The second kappa shape index (κ2) is 3.59. The van der Waals surface area contributed by atoms with E-state index in [1.165, 1.54) is 13.0 Å². The van der Waals surface area contributed by atoms with Gasteiger partial charge in [-0.15, -0.1) is 0 Å². The summed E-state index contributed by atoms with van der Waals surface area (Å²) in [5.41, 5.74) is 2.35. The van der Waals surface area contributed by atoms with Crippen molar-refractivity contribution in [3.8, 4) is 0 Å². The summed E-state index contributed by atoms with van der Waals surface area (Å²) in [5, 5.41) is 0. The number of Topliss-reactive ketones (excluding diaryl/α,β-unsaturated/α-hetero) is 1. The molecule has 0 fully saturated rings. The molecule has 0 bridgehead atoms. The third kappa shape index (κ3) is 1.70. The topological polar surface area (TPSA) is 43.4 Å². The largest absolute Gasteiger partial charge is 0.365 e. The Morgan fingerprint density at radius 1 is 1.47 bits per heavy atom. The molecule has 0 saturated heterocycles. The molecule has 0 aromatic rings. The summed E-state index contributed by atoms with van der Waals surface area (Å²) >= 11 is 0. The monoisotopic (exact) mass is 204 g/mol. The average molecular weight is 204 g/mol. The van der Waals surface area contributed by atoms with Gasteiger partial charge in [0.2, 0.25) is 0 Å². The molecule has 1 unspecified atom stereocenters. The van der Waals surface area contributed by atoms with Crippen molar-refractivity contribution in [1.82, 2.24) is 0 Å². The van der Waals surface area contributed by atoms with Crippen LogP contribution in [0.4, 0.5) is 0 Å². The number of ketones is 2. The number of rotatable bonds is 1. The highest BCUT2D eigenvalue weighted by Crippen LogP contribution is 2.30. The van der Waals surface area contributed by atoms with Gasteiger partial charge in [-0.3, -0.25) is 9.59 Å². The van der Waals surface area contributed by atoms with Crippen molar-refractivity contribution in [3.63, 3.8) is 0 Å². The lowest BCUT2D eigenvalue weighted by atomic mass is 9.87. The van der Waals surface area contributed by atoms with Crippen molar-refractivity contribution in [3.05, 3.63) is 35.5 Å².